The third kappa shape index (κ3) is 4.90. The van der Waals surface area contributed by atoms with E-state index in [4.69, 9.17) is 5.73 Å². The number of nitrogens with zero attached hydrogens (tertiary/aromatic N) is 2. The van der Waals surface area contributed by atoms with Crippen molar-refractivity contribution in [2.75, 3.05) is 24.7 Å². The third-order valence-electron chi connectivity index (χ3n) is 5.56. The summed E-state index contributed by atoms with van der Waals surface area (Å²) in [4.78, 5) is 17.5. The Labute approximate surface area is 153 Å². The first-order valence-corrected chi connectivity index (χ1v) is 9.84. The molecule has 1 amide bonds. The molecule has 0 unspecified atom stereocenters. The van der Waals surface area contributed by atoms with Crippen LogP contribution in [-0.2, 0) is 11.3 Å². The first-order chi connectivity index (χ1) is 12.0. The zero-order valence-corrected chi connectivity index (χ0v) is 16.4. The van der Waals surface area contributed by atoms with Crippen LogP contribution in [-0.4, -0.2) is 30.9 Å². The fraction of sp³-hybridized carbons (Fsp3) is 0.667. The maximum absolute atomic E-state index is 13.3. The van der Waals surface area contributed by atoms with Crippen LogP contribution in [0.1, 0.15) is 64.4 Å². The van der Waals surface area contributed by atoms with Crippen molar-refractivity contribution in [3.8, 4) is 0 Å². The highest BCUT2D eigenvalue weighted by atomic mass is 16.2. The van der Waals surface area contributed by atoms with Gasteiger partial charge in [0, 0.05) is 44.0 Å². The number of hydrogen-bond donors (Lipinski definition) is 1. The number of nitrogen functional groups attached to an aromatic ring is 1. The van der Waals surface area contributed by atoms with Crippen molar-refractivity contribution in [3.63, 3.8) is 0 Å². The molecule has 1 aromatic rings. The normalized spacial score (nSPS) is 15.4. The lowest BCUT2D eigenvalue weighted by Gasteiger charge is -2.37. The molecule has 0 bridgehead atoms. The Bertz CT molecular complexity index is 560. The van der Waals surface area contributed by atoms with Gasteiger partial charge in [-0.2, -0.15) is 0 Å². The van der Waals surface area contributed by atoms with Gasteiger partial charge in [0.15, 0.2) is 0 Å². The van der Waals surface area contributed by atoms with Crippen LogP contribution in [0.25, 0.3) is 0 Å². The summed E-state index contributed by atoms with van der Waals surface area (Å²) in [5.74, 6) is 0.454. The average molecular weight is 346 g/mol. The van der Waals surface area contributed by atoms with Crippen LogP contribution in [0, 0.1) is 5.92 Å². The van der Waals surface area contributed by atoms with Gasteiger partial charge in [-0.05, 0) is 49.4 Å². The molecule has 25 heavy (non-hydrogen) atoms. The Morgan fingerprint density at radius 1 is 1.16 bits per heavy atom. The standard InChI is InChI=1S/C21H35N3O/c1-5-16(6-2)21(25)24(19-10-8-7-9-11-19)15-17-14-18(22)12-13-20(17)23(3)4/h12-14,16,19H,5-11,15,22H2,1-4H3. The molecule has 0 aliphatic heterocycles. The molecule has 0 aromatic heterocycles. The molecule has 1 fully saturated rings. The third-order valence-corrected chi connectivity index (χ3v) is 5.56. The lowest BCUT2D eigenvalue weighted by atomic mass is 9.91. The second-order valence-corrected chi connectivity index (χ2v) is 7.55. The van der Waals surface area contributed by atoms with Crippen molar-refractivity contribution in [2.24, 2.45) is 5.92 Å². The number of carbonyl (C=O) groups excluding carboxylic acids is 1. The number of nitrogens with two attached hydrogens (primary N) is 1. The summed E-state index contributed by atoms with van der Waals surface area (Å²) in [6.45, 7) is 4.91. The molecule has 0 radical (unpaired) electrons. The van der Waals surface area contributed by atoms with Crippen LogP contribution in [0.2, 0.25) is 0 Å². The minimum Gasteiger partial charge on any atom is -0.399 e. The predicted molar refractivity (Wildman–Crippen MR) is 107 cm³/mol. The molecule has 2 rings (SSSR count). The van der Waals surface area contributed by atoms with E-state index in [1.54, 1.807) is 0 Å². The van der Waals surface area contributed by atoms with Crippen LogP contribution in [0.15, 0.2) is 18.2 Å². The topological polar surface area (TPSA) is 49.6 Å². The van der Waals surface area contributed by atoms with E-state index in [9.17, 15) is 4.79 Å². The molecule has 140 valence electrons. The van der Waals surface area contributed by atoms with Gasteiger partial charge in [-0.1, -0.05) is 33.1 Å². The van der Waals surface area contributed by atoms with E-state index in [0.29, 0.717) is 18.5 Å². The molecule has 1 aliphatic carbocycles. The molecular weight excluding hydrogens is 310 g/mol. The molecule has 2 N–H and O–H groups in total. The molecule has 0 heterocycles. The number of anilines is 2. The lowest BCUT2D eigenvalue weighted by Crippen LogP contribution is -2.44. The van der Waals surface area contributed by atoms with Gasteiger partial charge < -0.3 is 15.5 Å². The second-order valence-electron chi connectivity index (χ2n) is 7.55. The molecule has 0 spiro atoms. The average Bonchev–Trinajstić information content (AvgIpc) is 2.61. The van der Waals surface area contributed by atoms with E-state index in [-0.39, 0.29) is 5.92 Å². The monoisotopic (exact) mass is 345 g/mol. The summed E-state index contributed by atoms with van der Waals surface area (Å²) in [7, 11) is 4.09. The van der Waals surface area contributed by atoms with Crippen LogP contribution in [0.4, 0.5) is 11.4 Å². The summed E-state index contributed by atoms with van der Waals surface area (Å²) >= 11 is 0. The molecule has 4 nitrogen and oxygen atoms in total. The van der Waals surface area contributed by atoms with Gasteiger partial charge in [0.1, 0.15) is 0 Å². The second kappa shape index (κ2) is 9.12. The molecule has 0 saturated heterocycles. The van der Waals surface area contributed by atoms with Crippen LogP contribution < -0.4 is 10.6 Å². The Morgan fingerprint density at radius 2 is 1.80 bits per heavy atom. The van der Waals surface area contributed by atoms with Crippen molar-refractivity contribution in [1.29, 1.82) is 0 Å². The Balaban J connectivity index is 2.32. The summed E-state index contributed by atoms with van der Waals surface area (Å²) < 4.78 is 0. The van der Waals surface area contributed by atoms with Gasteiger partial charge in [0.05, 0.1) is 0 Å². The smallest absolute Gasteiger partial charge is 0.226 e. The summed E-state index contributed by atoms with van der Waals surface area (Å²) in [6.07, 6.45) is 7.84. The summed E-state index contributed by atoms with van der Waals surface area (Å²) in [6, 6.07) is 6.40. The number of amides is 1. The lowest BCUT2D eigenvalue weighted by molar-refractivity contribution is -0.139. The molecule has 1 aliphatic rings. The van der Waals surface area contributed by atoms with Gasteiger partial charge in [-0.3, -0.25) is 4.79 Å². The van der Waals surface area contributed by atoms with Crippen molar-refractivity contribution >= 4 is 17.3 Å². The number of benzene rings is 1. The van der Waals surface area contributed by atoms with Crippen molar-refractivity contribution in [3.05, 3.63) is 23.8 Å². The predicted octanol–water partition coefficient (Wildman–Crippen LogP) is 4.43. The molecule has 1 aromatic carbocycles. The highest BCUT2D eigenvalue weighted by Gasteiger charge is 2.29. The van der Waals surface area contributed by atoms with Crippen molar-refractivity contribution in [1.82, 2.24) is 4.90 Å². The highest BCUT2D eigenvalue weighted by molar-refractivity contribution is 5.79. The quantitative estimate of drug-likeness (QED) is 0.744. The molecule has 0 atom stereocenters. The number of hydrogen-bond acceptors (Lipinski definition) is 3. The van der Waals surface area contributed by atoms with Crippen molar-refractivity contribution in [2.45, 2.75) is 71.4 Å². The molecular formula is C21H35N3O. The SMILES string of the molecule is CCC(CC)C(=O)N(Cc1cc(N)ccc1N(C)C)C1CCCCC1. The maximum atomic E-state index is 13.3. The van der Waals surface area contributed by atoms with Crippen LogP contribution >= 0.6 is 0 Å². The first kappa shape index (κ1) is 19.6. The zero-order valence-electron chi connectivity index (χ0n) is 16.4. The van der Waals surface area contributed by atoms with E-state index in [2.05, 4.69) is 29.7 Å². The largest absolute Gasteiger partial charge is 0.399 e. The van der Waals surface area contributed by atoms with Gasteiger partial charge >= 0.3 is 0 Å². The van der Waals surface area contributed by atoms with Gasteiger partial charge in [0.2, 0.25) is 5.91 Å². The number of carbonyl (C=O) groups is 1. The van der Waals surface area contributed by atoms with Crippen molar-refractivity contribution < 1.29 is 4.79 Å². The van der Waals surface area contributed by atoms with E-state index in [1.807, 2.05) is 26.2 Å². The Hall–Kier alpha value is -1.71. The fourth-order valence-corrected chi connectivity index (χ4v) is 4.00. The number of rotatable bonds is 7. The minimum atomic E-state index is 0.130. The van der Waals surface area contributed by atoms with E-state index >= 15 is 0 Å². The first-order valence-electron chi connectivity index (χ1n) is 9.84. The highest BCUT2D eigenvalue weighted by Crippen LogP contribution is 2.30. The van der Waals surface area contributed by atoms with Crippen LogP contribution in [0.3, 0.4) is 0 Å². The van der Waals surface area contributed by atoms with E-state index < -0.39 is 0 Å². The Kier molecular flexibility index (Phi) is 7.15. The molecule has 4 heteroatoms. The fourth-order valence-electron chi connectivity index (χ4n) is 4.00. The maximum Gasteiger partial charge on any atom is 0.226 e. The van der Waals surface area contributed by atoms with E-state index in [1.165, 1.54) is 19.3 Å². The van der Waals surface area contributed by atoms with Gasteiger partial charge in [-0.25, -0.2) is 0 Å². The Morgan fingerprint density at radius 3 is 2.36 bits per heavy atom. The summed E-state index contributed by atoms with van der Waals surface area (Å²) in [5, 5.41) is 0. The van der Waals surface area contributed by atoms with Gasteiger partial charge in [-0.15, -0.1) is 0 Å². The molecule has 1 saturated carbocycles. The van der Waals surface area contributed by atoms with Crippen LogP contribution in [0.5, 0.6) is 0 Å². The van der Waals surface area contributed by atoms with E-state index in [0.717, 1.165) is 42.6 Å². The van der Waals surface area contributed by atoms with Gasteiger partial charge in [0.25, 0.3) is 0 Å². The summed E-state index contributed by atoms with van der Waals surface area (Å²) in [5.41, 5.74) is 9.10. The zero-order chi connectivity index (χ0) is 18.4. The minimum absolute atomic E-state index is 0.130.